The lowest BCUT2D eigenvalue weighted by Gasteiger charge is -2.27. The van der Waals surface area contributed by atoms with E-state index in [9.17, 15) is 13.2 Å². The van der Waals surface area contributed by atoms with Gasteiger partial charge in [0, 0.05) is 14.4 Å². The second kappa shape index (κ2) is 11.9. The van der Waals surface area contributed by atoms with Crippen molar-refractivity contribution >= 4 is 8.80 Å². The monoisotopic (exact) mass is 480 g/mol. The van der Waals surface area contributed by atoms with E-state index >= 15 is 0 Å². The van der Waals surface area contributed by atoms with Gasteiger partial charge in [-0.3, -0.25) is 0 Å². The summed E-state index contributed by atoms with van der Waals surface area (Å²) in [4.78, 5) is 0. The first-order valence-corrected chi connectivity index (χ1v) is 15.3. The third kappa shape index (κ3) is 6.41. The Morgan fingerprint density at radius 3 is 2.09 bits per heavy atom. The molecular formula is C30H35F3Si. The highest BCUT2D eigenvalue weighted by atomic mass is 28.3. The minimum Gasteiger partial charge on any atom is -0.206 e. The molecule has 0 nitrogen and oxygen atoms in total. The number of benzene rings is 3. The van der Waals surface area contributed by atoms with E-state index in [1.165, 1.54) is 56.2 Å². The van der Waals surface area contributed by atoms with Crippen LogP contribution < -0.4 is 0 Å². The molecule has 0 saturated carbocycles. The van der Waals surface area contributed by atoms with Crippen molar-refractivity contribution in [2.24, 2.45) is 5.92 Å². The standard InChI is InChI=1S/C30H35F3Si/c1-2-3-4-17-34-18-15-23(16-19-34)6-5-22-7-9-24(10-8-22)25-11-13-27(29(32)20-25)26-12-14-28(31)30(33)21-26/h7-14,20-21,23,34H,2-6,15-19H2,1H3. The molecule has 0 aliphatic carbocycles. The van der Waals surface area contributed by atoms with Crippen LogP contribution in [0.15, 0.2) is 60.7 Å². The molecule has 0 atom stereocenters. The summed E-state index contributed by atoms with van der Waals surface area (Å²) in [7, 11) is -0.436. The van der Waals surface area contributed by atoms with Crippen molar-refractivity contribution in [3.05, 3.63) is 83.7 Å². The van der Waals surface area contributed by atoms with Crippen LogP contribution in [0.25, 0.3) is 22.3 Å². The summed E-state index contributed by atoms with van der Waals surface area (Å²) in [5.41, 5.74) is 3.67. The van der Waals surface area contributed by atoms with Crippen LogP contribution in [0.5, 0.6) is 0 Å². The molecule has 34 heavy (non-hydrogen) atoms. The largest absolute Gasteiger partial charge is 0.206 e. The zero-order valence-electron chi connectivity index (χ0n) is 20.1. The normalized spacial score (nSPS) is 18.2. The molecule has 180 valence electrons. The lowest BCUT2D eigenvalue weighted by atomic mass is 9.93. The zero-order chi connectivity index (χ0) is 23.9. The van der Waals surface area contributed by atoms with Crippen LogP contribution in [-0.2, 0) is 6.42 Å². The SMILES string of the molecule is CCCCC[SiH]1CCC(CCc2ccc(-c3ccc(-c4ccc(F)c(F)c4)c(F)c3)cc2)CC1. The fourth-order valence-corrected chi connectivity index (χ4v) is 8.94. The molecule has 0 unspecified atom stereocenters. The number of hydrogen-bond acceptors (Lipinski definition) is 0. The maximum atomic E-state index is 14.8. The highest BCUT2D eigenvalue weighted by Gasteiger charge is 2.21. The van der Waals surface area contributed by atoms with Gasteiger partial charge in [-0.05, 0) is 59.2 Å². The topological polar surface area (TPSA) is 0 Å². The van der Waals surface area contributed by atoms with Gasteiger partial charge in [0.2, 0.25) is 0 Å². The van der Waals surface area contributed by atoms with Crippen molar-refractivity contribution in [1.82, 2.24) is 0 Å². The van der Waals surface area contributed by atoms with E-state index in [-0.39, 0.29) is 5.56 Å². The van der Waals surface area contributed by atoms with Crippen LogP contribution in [0.1, 0.15) is 51.0 Å². The molecule has 0 bridgehead atoms. The number of hydrogen-bond donors (Lipinski definition) is 0. The maximum absolute atomic E-state index is 14.8. The van der Waals surface area contributed by atoms with Gasteiger partial charge < -0.3 is 0 Å². The van der Waals surface area contributed by atoms with Gasteiger partial charge in [-0.1, -0.05) is 99.6 Å². The quantitative estimate of drug-likeness (QED) is 0.211. The summed E-state index contributed by atoms with van der Waals surface area (Å²) in [6.07, 6.45) is 9.45. The predicted octanol–water partition coefficient (Wildman–Crippen LogP) is 9.20. The Balaban J connectivity index is 1.31. The number of halogens is 3. The maximum Gasteiger partial charge on any atom is 0.159 e. The van der Waals surface area contributed by atoms with Crippen molar-refractivity contribution < 1.29 is 13.2 Å². The van der Waals surface area contributed by atoms with Crippen LogP contribution in [0.4, 0.5) is 13.2 Å². The molecule has 0 aromatic heterocycles. The fraction of sp³-hybridized carbons (Fsp3) is 0.400. The summed E-state index contributed by atoms with van der Waals surface area (Å²) in [5.74, 6) is -1.47. The third-order valence-corrected chi connectivity index (χ3v) is 11.0. The third-order valence-electron chi connectivity index (χ3n) is 7.51. The van der Waals surface area contributed by atoms with Crippen molar-refractivity contribution in [2.75, 3.05) is 0 Å². The summed E-state index contributed by atoms with van der Waals surface area (Å²) >= 11 is 0. The molecule has 0 N–H and O–H groups in total. The number of rotatable bonds is 9. The molecule has 1 aliphatic heterocycles. The number of unbranched alkanes of at least 4 members (excludes halogenated alkanes) is 2. The Morgan fingerprint density at radius 1 is 0.735 bits per heavy atom. The minimum absolute atomic E-state index is 0.266. The fourth-order valence-electron chi connectivity index (χ4n) is 5.32. The molecule has 1 fully saturated rings. The van der Waals surface area contributed by atoms with E-state index in [1.54, 1.807) is 24.2 Å². The highest BCUT2D eigenvalue weighted by Crippen LogP contribution is 2.32. The van der Waals surface area contributed by atoms with Gasteiger partial charge in [0.05, 0.1) is 0 Å². The van der Waals surface area contributed by atoms with Crippen LogP contribution in [0.3, 0.4) is 0 Å². The van der Waals surface area contributed by atoms with Gasteiger partial charge in [0.15, 0.2) is 11.6 Å². The minimum atomic E-state index is -0.973. The van der Waals surface area contributed by atoms with E-state index in [0.717, 1.165) is 35.6 Å². The van der Waals surface area contributed by atoms with Crippen LogP contribution in [0.2, 0.25) is 18.1 Å². The first kappa shape index (κ1) is 24.8. The molecule has 4 heteroatoms. The molecule has 0 amide bonds. The molecule has 1 aliphatic rings. The molecule has 1 heterocycles. The van der Waals surface area contributed by atoms with E-state index in [0.29, 0.717) is 5.56 Å². The molecular weight excluding hydrogens is 445 g/mol. The van der Waals surface area contributed by atoms with Crippen molar-refractivity contribution in [1.29, 1.82) is 0 Å². The molecule has 0 spiro atoms. The Kier molecular flexibility index (Phi) is 8.66. The van der Waals surface area contributed by atoms with Gasteiger partial charge in [-0.15, -0.1) is 0 Å². The van der Waals surface area contributed by atoms with Crippen LogP contribution in [0, 0.1) is 23.4 Å². The van der Waals surface area contributed by atoms with Gasteiger partial charge in [-0.2, -0.15) is 0 Å². The van der Waals surface area contributed by atoms with E-state index in [1.807, 2.05) is 6.07 Å². The average Bonchev–Trinajstić information content (AvgIpc) is 2.86. The zero-order valence-corrected chi connectivity index (χ0v) is 21.3. The molecule has 3 aromatic rings. The van der Waals surface area contributed by atoms with Crippen molar-refractivity contribution in [3.8, 4) is 22.3 Å². The second-order valence-corrected chi connectivity index (χ2v) is 13.4. The van der Waals surface area contributed by atoms with Gasteiger partial charge in [0.1, 0.15) is 5.82 Å². The molecule has 0 radical (unpaired) electrons. The first-order chi connectivity index (χ1) is 16.5. The van der Waals surface area contributed by atoms with Gasteiger partial charge in [-0.25, -0.2) is 13.2 Å². The highest BCUT2D eigenvalue weighted by molar-refractivity contribution is 6.58. The molecule has 1 saturated heterocycles. The lowest BCUT2D eigenvalue weighted by molar-refractivity contribution is 0.437. The Hall–Kier alpha value is -2.33. The summed E-state index contributed by atoms with van der Waals surface area (Å²) in [6.45, 7) is 2.29. The number of aryl methyl sites for hydroxylation is 1. The molecule has 3 aromatic carbocycles. The van der Waals surface area contributed by atoms with Gasteiger partial charge in [0.25, 0.3) is 0 Å². The van der Waals surface area contributed by atoms with Crippen LogP contribution in [-0.4, -0.2) is 8.80 Å². The molecule has 4 rings (SSSR count). The Morgan fingerprint density at radius 2 is 1.41 bits per heavy atom. The van der Waals surface area contributed by atoms with Crippen LogP contribution >= 0.6 is 0 Å². The van der Waals surface area contributed by atoms with Gasteiger partial charge >= 0.3 is 0 Å². The lowest BCUT2D eigenvalue weighted by Crippen LogP contribution is -2.21. The average molecular weight is 481 g/mol. The first-order valence-electron chi connectivity index (χ1n) is 12.9. The second-order valence-electron chi connectivity index (χ2n) is 9.94. The summed E-state index contributed by atoms with van der Waals surface area (Å²) in [6, 6.07) is 21.4. The van der Waals surface area contributed by atoms with Crippen molar-refractivity contribution in [2.45, 2.75) is 70.0 Å². The van der Waals surface area contributed by atoms with E-state index in [4.69, 9.17) is 0 Å². The Labute approximate surface area is 203 Å². The van der Waals surface area contributed by atoms with Crippen molar-refractivity contribution in [3.63, 3.8) is 0 Å². The predicted molar refractivity (Wildman–Crippen MR) is 139 cm³/mol. The smallest absolute Gasteiger partial charge is 0.159 e. The summed E-state index contributed by atoms with van der Waals surface area (Å²) in [5, 5.41) is 0. The Bertz CT molecular complexity index is 1070. The van der Waals surface area contributed by atoms with E-state index < -0.39 is 26.2 Å². The van der Waals surface area contributed by atoms with E-state index in [2.05, 4.69) is 31.2 Å². The summed E-state index contributed by atoms with van der Waals surface area (Å²) < 4.78 is 41.5.